The molecule has 0 fully saturated rings. The Morgan fingerprint density at radius 1 is 1.29 bits per heavy atom. The highest BCUT2D eigenvalue weighted by atomic mass is 19.4. The van der Waals surface area contributed by atoms with Gasteiger partial charge in [0.15, 0.2) is 0 Å². The van der Waals surface area contributed by atoms with Gasteiger partial charge in [-0.05, 0) is 18.2 Å². The Balaban J connectivity index is 2.90. The van der Waals surface area contributed by atoms with Gasteiger partial charge in [-0.15, -0.1) is 0 Å². The van der Waals surface area contributed by atoms with Crippen LogP contribution in [0.4, 0.5) is 17.6 Å². The SMILES string of the molecule is COC(=O)CCN(C)C(=O)c1ccc(F)c(C(F)(F)F)c1. The van der Waals surface area contributed by atoms with Gasteiger partial charge in [-0.2, -0.15) is 13.2 Å². The molecule has 0 unspecified atom stereocenters. The van der Waals surface area contributed by atoms with Crippen molar-refractivity contribution in [3.8, 4) is 0 Å². The van der Waals surface area contributed by atoms with E-state index in [1.165, 1.54) is 14.2 Å². The van der Waals surface area contributed by atoms with Crippen LogP contribution < -0.4 is 0 Å². The number of ether oxygens (including phenoxy) is 1. The van der Waals surface area contributed by atoms with E-state index in [9.17, 15) is 27.2 Å². The molecule has 0 aliphatic heterocycles. The van der Waals surface area contributed by atoms with Crippen LogP contribution in [0.25, 0.3) is 0 Å². The fraction of sp³-hybridized carbons (Fsp3) is 0.385. The number of amides is 1. The van der Waals surface area contributed by atoms with Gasteiger partial charge in [0.2, 0.25) is 0 Å². The van der Waals surface area contributed by atoms with E-state index in [0.29, 0.717) is 12.1 Å². The topological polar surface area (TPSA) is 46.6 Å². The Morgan fingerprint density at radius 3 is 2.43 bits per heavy atom. The summed E-state index contributed by atoms with van der Waals surface area (Å²) in [6, 6.07) is 2.00. The van der Waals surface area contributed by atoms with Crippen LogP contribution >= 0.6 is 0 Å². The van der Waals surface area contributed by atoms with Crippen molar-refractivity contribution in [2.45, 2.75) is 12.6 Å². The first-order valence-corrected chi connectivity index (χ1v) is 5.86. The number of benzene rings is 1. The van der Waals surface area contributed by atoms with E-state index < -0.39 is 29.4 Å². The summed E-state index contributed by atoms with van der Waals surface area (Å²) in [5.74, 6) is -2.74. The highest BCUT2D eigenvalue weighted by molar-refractivity contribution is 5.94. The van der Waals surface area contributed by atoms with E-state index >= 15 is 0 Å². The minimum Gasteiger partial charge on any atom is -0.469 e. The van der Waals surface area contributed by atoms with Crippen LogP contribution in [0.2, 0.25) is 0 Å². The maximum absolute atomic E-state index is 13.1. The zero-order chi connectivity index (χ0) is 16.2. The number of halogens is 4. The number of alkyl halides is 3. The number of nitrogens with zero attached hydrogens (tertiary/aromatic N) is 1. The van der Waals surface area contributed by atoms with E-state index in [2.05, 4.69) is 4.74 Å². The molecule has 0 saturated carbocycles. The quantitative estimate of drug-likeness (QED) is 0.634. The van der Waals surface area contributed by atoms with E-state index in [-0.39, 0.29) is 18.5 Å². The van der Waals surface area contributed by atoms with Gasteiger partial charge in [0.1, 0.15) is 5.82 Å². The van der Waals surface area contributed by atoms with E-state index in [4.69, 9.17) is 0 Å². The molecular formula is C13H13F4NO3. The predicted octanol–water partition coefficient (Wildman–Crippen LogP) is 2.48. The van der Waals surface area contributed by atoms with Gasteiger partial charge in [-0.1, -0.05) is 0 Å². The number of carbonyl (C=O) groups excluding carboxylic acids is 2. The summed E-state index contributed by atoms with van der Waals surface area (Å²) >= 11 is 0. The lowest BCUT2D eigenvalue weighted by molar-refractivity contribution is -0.141. The molecule has 0 aliphatic rings. The minimum absolute atomic E-state index is 0.0236. The molecule has 0 atom stereocenters. The largest absolute Gasteiger partial charge is 0.469 e. The summed E-state index contributed by atoms with van der Waals surface area (Å²) in [4.78, 5) is 23.9. The minimum atomic E-state index is -4.88. The summed E-state index contributed by atoms with van der Waals surface area (Å²) in [5.41, 5.74) is -1.81. The maximum atomic E-state index is 13.1. The van der Waals surface area contributed by atoms with Crippen molar-refractivity contribution < 1.29 is 31.9 Å². The van der Waals surface area contributed by atoms with E-state index in [1.54, 1.807) is 0 Å². The van der Waals surface area contributed by atoms with Crippen molar-refractivity contribution in [3.63, 3.8) is 0 Å². The molecule has 0 spiro atoms. The van der Waals surface area contributed by atoms with Crippen LogP contribution in [0.3, 0.4) is 0 Å². The molecule has 8 heteroatoms. The summed E-state index contributed by atoms with van der Waals surface area (Å²) < 4.78 is 55.2. The predicted molar refractivity (Wildman–Crippen MR) is 65.0 cm³/mol. The van der Waals surface area contributed by atoms with Gasteiger partial charge in [-0.25, -0.2) is 4.39 Å². The molecule has 21 heavy (non-hydrogen) atoms. The molecule has 116 valence electrons. The van der Waals surface area contributed by atoms with Crippen LogP contribution in [-0.4, -0.2) is 37.5 Å². The molecule has 4 nitrogen and oxygen atoms in total. The zero-order valence-electron chi connectivity index (χ0n) is 11.3. The average molecular weight is 307 g/mol. The third-order valence-corrected chi connectivity index (χ3v) is 2.74. The van der Waals surface area contributed by atoms with Crippen molar-refractivity contribution in [2.75, 3.05) is 20.7 Å². The van der Waals surface area contributed by atoms with Gasteiger partial charge in [-0.3, -0.25) is 9.59 Å². The average Bonchev–Trinajstić information content (AvgIpc) is 2.42. The number of methoxy groups -OCH3 is 1. The Hall–Kier alpha value is -2.12. The van der Waals surface area contributed by atoms with Crippen molar-refractivity contribution in [2.24, 2.45) is 0 Å². The molecule has 1 aromatic carbocycles. The molecular weight excluding hydrogens is 294 g/mol. The lowest BCUT2D eigenvalue weighted by Gasteiger charge is -2.17. The molecule has 1 amide bonds. The van der Waals surface area contributed by atoms with Crippen LogP contribution in [0.15, 0.2) is 18.2 Å². The van der Waals surface area contributed by atoms with Crippen molar-refractivity contribution in [1.29, 1.82) is 0 Å². The van der Waals surface area contributed by atoms with Crippen LogP contribution in [-0.2, 0) is 15.7 Å². The van der Waals surface area contributed by atoms with Crippen LogP contribution in [0, 0.1) is 5.82 Å². The first-order valence-electron chi connectivity index (χ1n) is 5.86. The lowest BCUT2D eigenvalue weighted by atomic mass is 10.1. The molecule has 0 N–H and O–H groups in total. The lowest BCUT2D eigenvalue weighted by Crippen LogP contribution is -2.29. The number of hydrogen-bond acceptors (Lipinski definition) is 3. The Kier molecular flexibility index (Phi) is 5.28. The monoisotopic (exact) mass is 307 g/mol. The Morgan fingerprint density at radius 2 is 1.90 bits per heavy atom. The second kappa shape index (κ2) is 6.55. The maximum Gasteiger partial charge on any atom is 0.419 e. The van der Waals surface area contributed by atoms with E-state index in [1.807, 2.05) is 0 Å². The standard InChI is InChI=1S/C13H13F4NO3/c1-18(6-5-11(19)21-2)12(20)8-3-4-10(14)9(7-8)13(15,16)17/h3-4,7H,5-6H2,1-2H3. The molecule has 0 radical (unpaired) electrons. The first-order chi connectivity index (χ1) is 9.66. The highest BCUT2D eigenvalue weighted by Gasteiger charge is 2.34. The molecule has 0 aliphatic carbocycles. The number of hydrogen-bond donors (Lipinski definition) is 0. The Bertz CT molecular complexity index is 543. The number of rotatable bonds is 4. The molecule has 0 bridgehead atoms. The summed E-state index contributed by atoms with van der Waals surface area (Å²) in [5, 5.41) is 0. The van der Waals surface area contributed by atoms with Crippen molar-refractivity contribution >= 4 is 11.9 Å². The summed E-state index contributed by atoms with van der Waals surface area (Å²) in [6.07, 6.45) is -4.98. The molecule has 0 saturated heterocycles. The van der Waals surface area contributed by atoms with Crippen LogP contribution in [0.5, 0.6) is 0 Å². The fourth-order valence-corrected chi connectivity index (χ4v) is 1.56. The smallest absolute Gasteiger partial charge is 0.419 e. The number of esters is 1. The van der Waals surface area contributed by atoms with Gasteiger partial charge in [0, 0.05) is 19.2 Å². The normalized spacial score (nSPS) is 11.1. The van der Waals surface area contributed by atoms with Crippen molar-refractivity contribution in [3.05, 3.63) is 35.1 Å². The second-order valence-corrected chi connectivity index (χ2v) is 4.25. The molecule has 0 heterocycles. The Labute approximate surface area is 118 Å². The van der Waals surface area contributed by atoms with Crippen molar-refractivity contribution in [1.82, 2.24) is 4.90 Å². The zero-order valence-corrected chi connectivity index (χ0v) is 11.3. The third-order valence-electron chi connectivity index (χ3n) is 2.74. The van der Waals surface area contributed by atoms with Gasteiger partial charge in [0.05, 0.1) is 19.1 Å². The molecule has 0 aromatic heterocycles. The summed E-state index contributed by atoms with van der Waals surface area (Å²) in [7, 11) is 2.50. The number of carbonyl (C=O) groups is 2. The van der Waals surface area contributed by atoms with Gasteiger partial charge < -0.3 is 9.64 Å². The van der Waals surface area contributed by atoms with Gasteiger partial charge in [0.25, 0.3) is 5.91 Å². The van der Waals surface area contributed by atoms with E-state index in [0.717, 1.165) is 11.0 Å². The third kappa shape index (κ3) is 4.44. The first kappa shape index (κ1) is 16.9. The molecule has 1 aromatic rings. The van der Waals surface area contributed by atoms with Crippen LogP contribution in [0.1, 0.15) is 22.3 Å². The fourth-order valence-electron chi connectivity index (χ4n) is 1.56. The second-order valence-electron chi connectivity index (χ2n) is 4.25. The highest BCUT2D eigenvalue weighted by Crippen LogP contribution is 2.32. The summed E-state index contributed by atoms with van der Waals surface area (Å²) in [6.45, 7) is -0.0236. The molecule has 1 rings (SSSR count). The van der Waals surface area contributed by atoms with Gasteiger partial charge >= 0.3 is 12.1 Å².